The summed E-state index contributed by atoms with van der Waals surface area (Å²) in [5.41, 5.74) is -0.185. The Hall–Kier alpha value is -0.210. The molecule has 0 unspecified atom stereocenters. The van der Waals surface area contributed by atoms with Gasteiger partial charge in [0.25, 0.3) is 10.2 Å². The zero-order chi connectivity index (χ0) is 14.8. The van der Waals surface area contributed by atoms with Gasteiger partial charge in [0, 0.05) is 45.8 Å². The molecule has 0 aliphatic carbocycles. The molecule has 2 aliphatic heterocycles. The Morgan fingerprint density at radius 2 is 2.20 bits per heavy atom. The summed E-state index contributed by atoms with van der Waals surface area (Å²) in [6.07, 6.45) is 2.81. The normalized spacial score (nSPS) is 32.3. The summed E-state index contributed by atoms with van der Waals surface area (Å²) in [6.45, 7) is 4.99. The van der Waals surface area contributed by atoms with Gasteiger partial charge in [0.2, 0.25) is 0 Å². The van der Waals surface area contributed by atoms with Crippen molar-refractivity contribution in [1.82, 2.24) is 8.61 Å². The molecule has 0 aromatic carbocycles. The van der Waals surface area contributed by atoms with Gasteiger partial charge in [-0.15, -0.1) is 0 Å². The van der Waals surface area contributed by atoms with Crippen LogP contribution >= 0.6 is 0 Å². The highest BCUT2D eigenvalue weighted by molar-refractivity contribution is 7.86. The maximum atomic E-state index is 12.3. The second-order valence-corrected chi connectivity index (χ2v) is 8.02. The number of ether oxygens (including phenoxy) is 2. The van der Waals surface area contributed by atoms with Crippen LogP contribution in [0.5, 0.6) is 0 Å². The molecule has 2 aliphatic rings. The predicted molar refractivity (Wildman–Crippen MR) is 76.7 cm³/mol. The molecule has 6 nitrogen and oxygen atoms in total. The van der Waals surface area contributed by atoms with Crippen molar-refractivity contribution in [1.29, 1.82) is 0 Å². The van der Waals surface area contributed by atoms with E-state index < -0.39 is 10.2 Å². The van der Waals surface area contributed by atoms with Gasteiger partial charge in [-0.2, -0.15) is 17.0 Å². The molecule has 7 heteroatoms. The summed E-state index contributed by atoms with van der Waals surface area (Å²) in [7, 11) is -0.203. The molecule has 0 spiro atoms. The SMILES string of the molecule is CCOC[C@@]12CCCO[C@@H]1CCN(S(=O)(=O)N(C)C)C2. The Balaban J connectivity index is 2.19. The van der Waals surface area contributed by atoms with Crippen molar-refractivity contribution in [2.45, 2.75) is 32.3 Å². The third-order valence-corrected chi connectivity index (χ3v) is 6.22. The topological polar surface area (TPSA) is 59.1 Å². The molecule has 20 heavy (non-hydrogen) atoms. The van der Waals surface area contributed by atoms with Crippen LogP contribution in [0.3, 0.4) is 0 Å². The van der Waals surface area contributed by atoms with Crippen LogP contribution in [0.4, 0.5) is 0 Å². The van der Waals surface area contributed by atoms with Crippen LogP contribution in [0.1, 0.15) is 26.2 Å². The summed E-state index contributed by atoms with van der Waals surface area (Å²) in [4.78, 5) is 0. The first-order chi connectivity index (χ1) is 9.42. The maximum Gasteiger partial charge on any atom is 0.281 e. The van der Waals surface area contributed by atoms with Crippen molar-refractivity contribution in [2.75, 3.05) is 47.0 Å². The lowest BCUT2D eigenvalue weighted by molar-refractivity contribution is -0.141. The highest BCUT2D eigenvalue weighted by atomic mass is 32.2. The minimum absolute atomic E-state index is 0.122. The van der Waals surface area contributed by atoms with Crippen molar-refractivity contribution in [3.8, 4) is 0 Å². The fourth-order valence-electron chi connectivity index (χ4n) is 3.19. The van der Waals surface area contributed by atoms with E-state index in [0.717, 1.165) is 25.9 Å². The lowest BCUT2D eigenvalue weighted by Crippen LogP contribution is -2.59. The van der Waals surface area contributed by atoms with Crippen molar-refractivity contribution < 1.29 is 17.9 Å². The van der Waals surface area contributed by atoms with Gasteiger partial charge in [-0.25, -0.2) is 0 Å². The summed E-state index contributed by atoms with van der Waals surface area (Å²) in [5, 5.41) is 0. The zero-order valence-corrected chi connectivity index (χ0v) is 13.5. The number of fused-ring (bicyclic) bond motifs is 1. The molecule has 0 saturated carbocycles. The molecule has 2 heterocycles. The van der Waals surface area contributed by atoms with Crippen molar-refractivity contribution >= 4 is 10.2 Å². The van der Waals surface area contributed by atoms with Crippen LogP contribution in [0.2, 0.25) is 0 Å². The second kappa shape index (κ2) is 6.27. The predicted octanol–water partition coefficient (Wildman–Crippen LogP) is 0.700. The number of hydrogen-bond acceptors (Lipinski definition) is 4. The first-order valence-electron chi connectivity index (χ1n) is 7.29. The van der Waals surface area contributed by atoms with Gasteiger partial charge < -0.3 is 9.47 Å². The van der Waals surface area contributed by atoms with Gasteiger partial charge in [-0.3, -0.25) is 0 Å². The average molecular weight is 306 g/mol. The van der Waals surface area contributed by atoms with Gasteiger partial charge in [-0.05, 0) is 26.2 Å². The van der Waals surface area contributed by atoms with E-state index >= 15 is 0 Å². The van der Waals surface area contributed by atoms with Crippen LogP contribution in [-0.2, 0) is 19.7 Å². The quantitative estimate of drug-likeness (QED) is 0.750. The third-order valence-electron chi connectivity index (χ3n) is 4.33. The van der Waals surface area contributed by atoms with Crippen molar-refractivity contribution in [3.05, 3.63) is 0 Å². The zero-order valence-electron chi connectivity index (χ0n) is 12.7. The largest absolute Gasteiger partial charge is 0.381 e. The van der Waals surface area contributed by atoms with Gasteiger partial charge in [0.1, 0.15) is 0 Å². The standard InChI is InChI=1S/C13H26N2O4S/c1-4-18-11-13-7-5-9-19-12(13)6-8-15(10-13)20(16,17)14(2)3/h12H,4-11H2,1-3H3/t12-,13+/m1/s1. The molecule has 0 bridgehead atoms. The summed E-state index contributed by atoms with van der Waals surface area (Å²) in [6, 6.07) is 0. The summed E-state index contributed by atoms with van der Waals surface area (Å²) < 4.78 is 39.1. The van der Waals surface area contributed by atoms with E-state index in [0.29, 0.717) is 26.3 Å². The highest BCUT2D eigenvalue weighted by Gasteiger charge is 2.48. The van der Waals surface area contributed by atoms with E-state index in [9.17, 15) is 8.42 Å². The Bertz CT molecular complexity index is 426. The first-order valence-corrected chi connectivity index (χ1v) is 8.69. The van der Waals surface area contributed by atoms with Gasteiger partial charge in [0.05, 0.1) is 12.7 Å². The molecule has 0 aromatic heterocycles. The molecular formula is C13H26N2O4S. The Labute approximate surface area is 122 Å². The van der Waals surface area contributed by atoms with Gasteiger partial charge in [-0.1, -0.05) is 0 Å². The first kappa shape index (κ1) is 16.2. The molecule has 2 atom stereocenters. The molecule has 2 rings (SSSR count). The Morgan fingerprint density at radius 1 is 1.45 bits per heavy atom. The van der Waals surface area contributed by atoms with E-state index in [1.807, 2.05) is 6.92 Å². The molecular weight excluding hydrogens is 280 g/mol. The number of rotatable bonds is 5. The van der Waals surface area contributed by atoms with Gasteiger partial charge in [0.15, 0.2) is 0 Å². The second-order valence-electron chi connectivity index (χ2n) is 5.87. The fourth-order valence-corrected chi connectivity index (χ4v) is 4.41. The number of nitrogens with zero attached hydrogens (tertiary/aromatic N) is 2. The molecule has 0 amide bonds. The smallest absolute Gasteiger partial charge is 0.281 e. The van der Waals surface area contributed by atoms with Crippen LogP contribution in [0.25, 0.3) is 0 Å². The fraction of sp³-hybridized carbons (Fsp3) is 1.00. The van der Waals surface area contributed by atoms with E-state index in [-0.39, 0.29) is 11.5 Å². The Kier molecular flexibility index (Phi) is 5.07. The third kappa shape index (κ3) is 3.01. The molecule has 118 valence electrons. The molecule has 2 fully saturated rings. The maximum absolute atomic E-state index is 12.3. The molecule has 0 N–H and O–H groups in total. The lowest BCUT2D eigenvalue weighted by atomic mass is 9.73. The van der Waals surface area contributed by atoms with E-state index in [2.05, 4.69) is 0 Å². The summed E-state index contributed by atoms with van der Waals surface area (Å²) in [5.74, 6) is 0. The van der Waals surface area contributed by atoms with Crippen LogP contribution in [0.15, 0.2) is 0 Å². The minimum Gasteiger partial charge on any atom is -0.381 e. The average Bonchev–Trinajstić information content (AvgIpc) is 2.44. The van der Waals surface area contributed by atoms with Crippen LogP contribution in [-0.4, -0.2) is 70.1 Å². The molecule has 0 radical (unpaired) electrons. The van der Waals surface area contributed by atoms with E-state index in [1.54, 1.807) is 18.4 Å². The Morgan fingerprint density at radius 3 is 2.85 bits per heavy atom. The van der Waals surface area contributed by atoms with Crippen LogP contribution in [0, 0.1) is 5.41 Å². The van der Waals surface area contributed by atoms with Crippen molar-refractivity contribution in [3.63, 3.8) is 0 Å². The monoisotopic (exact) mass is 306 g/mol. The highest BCUT2D eigenvalue weighted by Crippen LogP contribution is 2.41. The number of hydrogen-bond donors (Lipinski definition) is 0. The lowest BCUT2D eigenvalue weighted by Gasteiger charge is -2.50. The van der Waals surface area contributed by atoms with Crippen molar-refractivity contribution in [2.24, 2.45) is 5.41 Å². The minimum atomic E-state index is -3.36. The van der Waals surface area contributed by atoms with Gasteiger partial charge >= 0.3 is 0 Å². The van der Waals surface area contributed by atoms with Crippen LogP contribution < -0.4 is 0 Å². The summed E-state index contributed by atoms with van der Waals surface area (Å²) >= 11 is 0. The van der Waals surface area contributed by atoms with E-state index in [1.165, 1.54) is 4.31 Å². The molecule has 0 aromatic rings. The molecule has 2 saturated heterocycles. The van der Waals surface area contributed by atoms with E-state index in [4.69, 9.17) is 9.47 Å². The number of piperidine rings is 1.